The Morgan fingerprint density at radius 1 is 1.17 bits per heavy atom. The Morgan fingerprint density at radius 3 is 2.78 bits per heavy atom. The van der Waals surface area contributed by atoms with Gasteiger partial charge in [0.05, 0.1) is 0 Å². The van der Waals surface area contributed by atoms with E-state index in [0.29, 0.717) is 14.5 Å². The number of nitrogens with one attached hydrogen (secondary N) is 1. The molecule has 120 valence electrons. The van der Waals surface area contributed by atoms with Crippen molar-refractivity contribution in [3.63, 3.8) is 0 Å². The number of nitrogens with zero attached hydrogens (tertiary/aromatic N) is 2. The molecule has 3 heterocycles. The maximum absolute atomic E-state index is 4.57. The molecule has 0 bridgehead atoms. The summed E-state index contributed by atoms with van der Waals surface area (Å²) in [7, 11) is 0. The zero-order chi connectivity index (χ0) is 16.0. The third-order valence-electron chi connectivity index (χ3n) is 4.35. The molecule has 5 heteroatoms. The Bertz CT molecular complexity index is 857. The van der Waals surface area contributed by atoms with Crippen molar-refractivity contribution >= 4 is 47.1 Å². The van der Waals surface area contributed by atoms with Crippen molar-refractivity contribution in [2.45, 2.75) is 51.9 Å². The number of aromatic nitrogens is 2. The van der Waals surface area contributed by atoms with E-state index in [-0.39, 0.29) is 5.41 Å². The predicted molar refractivity (Wildman–Crippen MR) is 99.4 cm³/mol. The van der Waals surface area contributed by atoms with Gasteiger partial charge in [0.2, 0.25) is 0 Å². The predicted octanol–water partition coefficient (Wildman–Crippen LogP) is 4.67. The molecule has 1 N–H and O–H groups in total. The van der Waals surface area contributed by atoms with E-state index < -0.39 is 0 Å². The molecule has 1 aliphatic carbocycles. The van der Waals surface area contributed by atoms with Gasteiger partial charge in [0, 0.05) is 0 Å². The molecule has 0 atom stereocenters. The van der Waals surface area contributed by atoms with Crippen molar-refractivity contribution in [3.8, 4) is 0 Å². The fraction of sp³-hybridized carbons (Fsp3) is 0.444. The third kappa shape index (κ3) is 2.86. The number of hydrogen-bond acceptors (Lipinski definition) is 4. The summed E-state index contributed by atoms with van der Waals surface area (Å²) in [5, 5.41) is 7.08. The summed E-state index contributed by atoms with van der Waals surface area (Å²) in [5.74, 6) is 1.00. The summed E-state index contributed by atoms with van der Waals surface area (Å²) >= 11 is 2.23. The van der Waals surface area contributed by atoms with E-state index in [0.717, 1.165) is 11.5 Å². The normalized spacial score (nSPS) is 14.9. The zero-order valence-corrected chi connectivity index (χ0v) is 16.3. The summed E-state index contributed by atoms with van der Waals surface area (Å²) in [4.78, 5) is 10.5. The van der Waals surface area contributed by atoms with Crippen molar-refractivity contribution in [1.29, 1.82) is 0 Å². The first-order valence-corrected chi connectivity index (χ1v) is 10.7. The van der Waals surface area contributed by atoms with Crippen LogP contribution in [0.1, 0.15) is 48.5 Å². The van der Waals surface area contributed by atoms with Gasteiger partial charge in [0.1, 0.15) is 0 Å². The summed E-state index contributed by atoms with van der Waals surface area (Å²) in [6.45, 7) is 6.77. The molecule has 0 saturated carbocycles. The van der Waals surface area contributed by atoms with Crippen LogP contribution in [0.2, 0.25) is 0 Å². The van der Waals surface area contributed by atoms with Crippen LogP contribution in [0.25, 0.3) is 9.78 Å². The Balaban J connectivity index is 1.74. The van der Waals surface area contributed by atoms with E-state index in [4.69, 9.17) is 0 Å². The Labute approximate surface area is 146 Å². The molecule has 0 unspecified atom stereocenters. The minimum atomic E-state index is 0.195. The van der Waals surface area contributed by atoms with Crippen molar-refractivity contribution in [2.75, 3.05) is 5.32 Å². The average Bonchev–Trinajstić information content (AvgIpc) is 3.11. The van der Waals surface area contributed by atoms with E-state index in [2.05, 4.69) is 47.5 Å². The fourth-order valence-corrected chi connectivity index (χ4v) is 6.62. The molecule has 3 nitrogen and oxygen atoms in total. The number of anilines is 2. The van der Waals surface area contributed by atoms with Crippen molar-refractivity contribution in [3.05, 3.63) is 32.7 Å². The first-order chi connectivity index (χ1) is 11.0. The number of thiophene rings is 1. The molecule has 4 rings (SSSR count). The van der Waals surface area contributed by atoms with E-state index >= 15 is 0 Å². The Kier molecular flexibility index (Phi) is 3.83. The van der Waals surface area contributed by atoms with Gasteiger partial charge >= 0.3 is 147 Å². The van der Waals surface area contributed by atoms with Crippen LogP contribution in [0.15, 0.2) is 17.8 Å². The summed E-state index contributed by atoms with van der Waals surface area (Å²) in [5.41, 5.74) is 2.89. The van der Waals surface area contributed by atoms with Crippen LogP contribution in [0.3, 0.4) is 0 Å². The Morgan fingerprint density at radius 2 is 2.00 bits per heavy atom. The maximum atomic E-state index is 4.57. The van der Waals surface area contributed by atoms with Crippen molar-refractivity contribution < 1.29 is 0 Å². The number of hydrogen-bond donors (Lipinski definition) is 1. The number of rotatable bonds is 2. The second-order valence-electron chi connectivity index (χ2n) is 7.19. The monoisotopic (exact) mass is 391 g/mol. The van der Waals surface area contributed by atoms with Gasteiger partial charge in [0.25, 0.3) is 0 Å². The van der Waals surface area contributed by atoms with Gasteiger partial charge < -0.3 is 0 Å². The van der Waals surface area contributed by atoms with E-state index in [1.165, 1.54) is 40.3 Å². The molecule has 0 fully saturated rings. The number of aryl methyl sites for hydroxylation is 2. The summed E-state index contributed by atoms with van der Waals surface area (Å²) in [6.07, 6.45) is 6.82. The quantitative estimate of drug-likeness (QED) is 0.647. The molecule has 0 spiro atoms. The van der Waals surface area contributed by atoms with Crippen molar-refractivity contribution in [1.82, 2.24) is 9.97 Å². The van der Waals surface area contributed by atoms with E-state index in [1.54, 1.807) is 16.3 Å². The Hall–Kier alpha value is -1.16. The summed E-state index contributed by atoms with van der Waals surface area (Å²) < 4.78 is 2.93. The topological polar surface area (TPSA) is 37.8 Å². The molecule has 3 aromatic heterocycles. The molecule has 0 amide bonds. The first kappa shape index (κ1) is 15.4. The van der Waals surface area contributed by atoms with Gasteiger partial charge in [0.15, 0.2) is 0 Å². The van der Waals surface area contributed by atoms with Crippen molar-refractivity contribution in [2.24, 2.45) is 0 Å². The zero-order valence-electron chi connectivity index (χ0n) is 13.8. The molecule has 0 aromatic carbocycles. The van der Waals surface area contributed by atoms with Crippen LogP contribution in [-0.2, 0) is 18.3 Å². The molecule has 0 aliphatic heterocycles. The van der Waals surface area contributed by atoms with Crippen LogP contribution in [0.5, 0.6) is 0 Å². The van der Waals surface area contributed by atoms with Gasteiger partial charge in [-0.05, 0) is 0 Å². The molecule has 0 radical (unpaired) electrons. The van der Waals surface area contributed by atoms with Crippen LogP contribution in [0, 0.1) is 0 Å². The fourth-order valence-electron chi connectivity index (χ4n) is 3.12. The second-order valence-corrected chi connectivity index (χ2v) is 10.4. The van der Waals surface area contributed by atoms with Crippen LogP contribution >= 0.6 is 11.3 Å². The SMILES string of the molecule is CC(C)(C)c1cc(Nc2ncnc3[se]c4c(c23)CCCC4)cs1. The van der Waals surface area contributed by atoms with Crippen LogP contribution in [-0.4, -0.2) is 24.5 Å². The van der Waals surface area contributed by atoms with Gasteiger partial charge in [-0.25, -0.2) is 0 Å². The molecular weight excluding hydrogens is 369 g/mol. The molecule has 23 heavy (non-hydrogen) atoms. The average molecular weight is 390 g/mol. The minimum absolute atomic E-state index is 0.195. The van der Waals surface area contributed by atoms with Crippen LogP contribution in [0.4, 0.5) is 11.5 Å². The third-order valence-corrected chi connectivity index (χ3v) is 8.23. The van der Waals surface area contributed by atoms with E-state index in [9.17, 15) is 0 Å². The van der Waals surface area contributed by atoms with E-state index in [1.807, 2.05) is 11.3 Å². The molecule has 1 aliphatic rings. The van der Waals surface area contributed by atoms with Crippen LogP contribution < -0.4 is 5.32 Å². The molecular formula is C18H21N3SSe. The molecule has 3 aromatic rings. The number of fused-ring (bicyclic) bond motifs is 3. The van der Waals surface area contributed by atoms with Gasteiger partial charge in [-0.3, -0.25) is 0 Å². The summed E-state index contributed by atoms with van der Waals surface area (Å²) in [6, 6.07) is 2.26. The molecule has 0 saturated heterocycles. The van der Waals surface area contributed by atoms with Gasteiger partial charge in [-0.15, -0.1) is 0 Å². The van der Waals surface area contributed by atoms with Gasteiger partial charge in [-0.2, -0.15) is 0 Å². The second kappa shape index (κ2) is 5.73. The first-order valence-electron chi connectivity index (χ1n) is 8.13. The standard InChI is InChI=1S/C18H21N3SSe/c1-18(2,3)14-8-11(9-22-14)21-16-15-12-6-4-5-7-13(12)23-17(15)20-10-19-16/h8-10H,4-7H2,1-3H3,(H,19,20,21). The van der Waals surface area contributed by atoms with Gasteiger partial charge in [-0.1, -0.05) is 0 Å².